The van der Waals surface area contributed by atoms with E-state index >= 15 is 0 Å². The molecule has 5 heteroatoms. The number of carboxylic acid groups (broad SMARTS) is 1. The number of carbonyl (C=O) groups is 1. The summed E-state index contributed by atoms with van der Waals surface area (Å²) in [5.74, 6) is -2.30. The molecule has 1 aromatic rings. The van der Waals surface area contributed by atoms with Gasteiger partial charge in [-0.05, 0) is 25.2 Å². The number of hydrogen-bond acceptors (Lipinski definition) is 2. The average molecular weight is 227 g/mol. The molecule has 0 aliphatic rings. The molecule has 0 saturated carbocycles. The van der Waals surface area contributed by atoms with Crippen molar-refractivity contribution in [2.24, 2.45) is 0 Å². The number of benzene rings is 1. The van der Waals surface area contributed by atoms with Crippen molar-refractivity contribution < 1.29 is 18.7 Å². The van der Waals surface area contributed by atoms with Crippen molar-refractivity contribution in [2.45, 2.75) is 6.04 Å². The summed E-state index contributed by atoms with van der Waals surface area (Å²) in [5.41, 5.74) is 0.0694. The van der Waals surface area contributed by atoms with Gasteiger partial charge in [-0.3, -0.25) is 0 Å². The normalized spacial score (nSPS) is 12.9. The maximum absolute atomic E-state index is 13.3. The molecule has 1 rings (SSSR count). The van der Waals surface area contributed by atoms with Crippen molar-refractivity contribution in [1.29, 1.82) is 0 Å². The second-order valence-corrected chi connectivity index (χ2v) is 3.13. The third-order valence-corrected chi connectivity index (χ3v) is 2.04. The summed E-state index contributed by atoms with van der Waals surface area (Å²) in [7, 11) is 1.53. The molecule has 1 unspecified atom stereocenters. The Morgan fingerprint density at radius 1 is 1.50 bits per heavy atom. The summed E-state index contributed by atoms with van der Waals surface area (Å²) in [6, 6.07) is 2.37. The van der Waals surface area contributed by atoms with E-state index in [0.717, 1.165) is 24.3 Å². The van der Waals surface area contributed by atoms with Crippen molar-refractivity contribution in [3.63, 3.8) is 0 Å². The Labute approximate surface area is 91.4 Å². The number of carboxylic acids is 1. The van der Waals surface area contributed by atoms with Crippen LogP contribution >= 0.6 is 0 Å². The lowest BCUT2D eigenvalue weighted by atomic mass is 10.1. The maximum atomic E-state index is 13.3. The van der Waals surface area contributed by atoms with Gasteiger partial charge in [0.1, 0.15) is 11.6 Å². The lowest BCUT2D eigenvalue weighted by molar-refractivity contribution is -0.131. The molecule has 1 aromatic carbocycles. The average Bonchev–Trinajstić information content (AvgIpc) is 2.23. The van der Waals surface area contributed by atoms with Crippen molar-refractivity contribution in [1.82, 2.24) is 5.32 Å². The Bertz CT molecular complexity index is 418. The zero-order chi connectivity index (χ0) is 12.1. The first kappa shape index (κ1) is 12.3. The minimum atomic E-state index is -1.14. The highest BCUT2D eigenvalue weighted by Crippen LogP contribution is 2.19. The van der Waals surface area contributed by atoms with Crippen LogP contribution in [-0.2, 0) is 4.79 Å². The topological polar surface area (TPSA) is 49.3 Å². The van der Waals surface area contributed by atoms with E-state index in [2.05, 4.69) is 5.32 Å². The second-order valence-electron chi connectivity index (χ2n) is 3.13. The van der Waals surface area contributed by atoms with Crippen LogP contribution in [0, 0.1) is 11.6 Å². The van der Waals surface area contributed by atoms with Crippen molar-refractivity contribution >= 4 is 5.97 Å². The number of hydrogen-bond donors (Lipinski definition) is 2. The summed E-state index contributed by atoms with van der Waals surface area (Å²) in [4.78, 5) is 10.3. The molecule has 16 heavy (non-hydrogen) atoms. The molecule has 1 atom stereocenters. The smallest absolute Gasteiger partial charge is 0.328 e. The van der Waals surface area contributed by atoms with Gasteiger partial charge in [-0.25, -0.2) is 13.6 Å². The van der Waals surface area contributed by atoms with E-state index in [1.54, 1.807) is 0 Å². The number of likely N-dealkylation sites (N-methyl/N-ethyl adjacent to an activating group) is 1. The largest absolute Gasteiger partial charge is 0.478 e. The second kappa shape index (κ2) is 5.37. The molecular formula is C11H11F2NO2. The van der Waals surface area contributed by atoms with Gasteiger partial charge in [0.05, 0.1) is 6.04 Å². The Morgan fingerprint density at radius 2 is 2.19 bits per heavy atom. The van der Waals surface area contributed by atoms with Crippen LogP contribution in [0.3, 0.4) is 0 Å². The number of nitrogens with one attached hydrogen (secondary N) is 1. The lowest BCUT2D eigenvalue weighted by Crippen LogP contribution is -2.16. The van der Waals surface area contributed by atoms with Gasteiger partial charge in [-0.2, -0.15) is 0 Å². The number of rotatable bonds is 4. The van der Waals surface area contributed by atoms with Gasteiger partial charge in [-0.15, -0.1) is 0 Å². The predicted molar refractivity (Wildman–Crippen MR) is 54.9 cm³/mol. The van der Waals surface area contributed by atoms with Crippen molar-refractivity contribution in [3.8, 4) is 0 Å². The minimum absolute atomic E-state index is 0.0694. The first-order valence-corrected chi connectivity index (χ1v) is 4.58. The Balaban J connectivity index is 3.03. The van der Waals surface area contributed by atoms with Crippen LogP contribution < -0.4 is 5.32 Å². The molecular weight excluding hydrogens is 216 g/mol. The van der Waals surface area contributed by atoms with Gasteiger partial charge in [0.15, 0.2) is 0 Å². The van der Waals surface area contributed by atoms with Gasteiger partial charge in [0.25, 0.3) is 0 Å². The van der Waals surface area contributed by atoms with E-state index in [9.17, 15) is 13.6 Å². The summed E-state index contributed by atoms with van der Waals surface area (Å²) >= 11 is 0. The van der Waals surface area contributed by atoms with Crippen LogP contribution in [0.2, 0.25) is 0 Å². The highest BCUT2D eigenvalue weighted by Gasteiger charge is 2.12. The standard InChI is InChI=1S/C11H11F2NO2/c1-14-10(4-5-11(15)16)8-6-7(12)2-3-9(8)13/h2-6,10,14H,1H3,(H,15,16)/b5-4+. The Morgan fingerprint density at radius 3 is 2.75 bits per heavy atom. The predicted octanol–water partition coefficient (Wildman–Crippen LogP) is 1.87. The molecule has 0 heterocycles. The molecule has 0 amide bonds. The molecule has 0 radical (unpaired) electrons. The fraction of sp³-hybridized carbons (Fsp3) is 0.182. The molecule has 3 nitrogen and oxygen atoms in total. The van der Waals surface area contributed by atoms with Gasteiger partial charge in [0, 0.05) is 11.6 Å². The summed E-state index contributed by atoms with van der Waals surface area (Å²) < 4.78 is 26.3. The minimum Gasteiger partial charge on any atom is -0.478 e. The van der Waals surface area contributed by atoms with Gasteiger partial charge in [-0.1, -0.05) is 6.08 Å². The maximum Gasteiger partial charge on any atom is 0.328 e. The molecule has 0 aliphatic carbocycles. The van der Waals surface area contributed by atoms with E-state index < -0.39 is 23.6 Å². The van der Waals surface area contributed by atoms with Crippen LogP contribution in [0.4, 0.5) is 8.78 Å². The third-order valence-electron chi connectivity index (χ3n) is 2.04. The van der Waals surface area contributed by atoms with Gasteiger partial charge < -0.3 is 10.4 Å². The van der Waals surface area contributed by atoms with E-state index in [1.165, 1.54) is 13.1 Å². The number of aliphatic carboxylic acids is 1. The van der Waals surface area contributed by atoms with Crippen LogP contribution in [0.25, 0.3) is 0 Å². The molecule has 0 fully saturated rings. The zero-order valence-corrected chi connectivity index (χ0v) is 8.58. The summed E-state index contributed by atoms with van der Waals surface area (Å²) in [5, 5.41) is 11.1. The molecule has 0 bridgehead atoms. The fourth-order valence-electron chi connectivity index (χ4n) is 1.29. The van der Waals surface area contributed by atoms with Crippen LogP contribution in [0.1, 0.15) is 11.6 Å². The van der Waals surface area contributed by atoms with Crippen molar-refractivity contribution in [2.75, 3.05) is 7.05 Å². The van der Waals surface area contributed by atoms with Crippen molar-refractivity contribution in [3.05, 3.63) is 47.5 Å². The highest BCUT2D eigenvalue weighted by molar-refractivity contribution is 5.79. The molecule has 0 aromatic heterocycles. The van der Waals surface area contributed by atoms with Gasteiger partial charge in [0.2, 0.25) is 0 Å². The quantitative estimate of drug-likeness (QED) is 0.772. The molecule has 0 saturated heterocycles. The number of halogens is 2. The first-order valence-electron chi connectivity index (χ1n) is 4.58. The van der Waals surface area contributed by atoms with E-state index in [1.807, 2.05) is 0 Å². The molecule has 0 spiro atoms. The summed E-state index contributed by atoms with van der Waals surface area (Å²) in [6.07, 6.45) is 2.13. The Hall–Kier alpha value is -1.75. The zero-order valence-electron chi connectivity index (χ0n) is 8.58. The lowest BCUT2D eigenvalue weighted by Gasteiger charge is -2.12. The first-order chi connectivity index (χ1) is 7.54. The van der Waals surface area contributed by atoms with Crippen LogP contribution in [-0.4, -0.2) is 18.1 Å². The van der Waals surface area contributed by atoms with Crippen LogP contribution in [0.15, 0.2) is 30.4 Å². The fourth-order valence-corrected chi connectivity index (χ4v) is 1.29. The highest BCUT2D eigenvalue weighted by atomic mass is 19.1. The SMILES string of the molecule is CNC(/C=C/C(=O)O)c1cc(F)ccc1F. The van der Waals surface area contributed by atoms with E-state index in [4.69, 9.17) is 5.11 Å². The van der Waals surface area contributed by atoms with E-state index in [0.29, 0.717) is 0 Å². The van der Waals surface area contributed by atoms with E-state index in [-0.39, 0.29) is 5.56 Å². The summed E-state index contributed by atoms with van der Waals surface area (Å²) in [6.45, 7) is 0. The Kier molecular flexibility index (Phi) is 4.13. The van der Waals surface area contributed by atoms with Gasteiger partial charge >= 0.3 is 5.97 Å². The van der Waals surface area contributed by atoms with Crippen LogP contribution in [0.5, 0.6) is 0 Å². The monoisotopic (exact) mass is 227 g/mol. The molecule has 86 valence electrons. The molecule has 0 aliphatic heterocycles. The molecule has 2 N–H and O–H groups in total. The third kappa shape index (κ3) is 3.13.